The Bertz CT molecular complexity index is 1090. The van der Waals surface area contributed by atoms with E-state index in [4.69, 9.17) is 0 Å². The van der Waals surface area contributed by atoms with Gasteiger partial charge in [0.25, 0.3) is 17.5 Å². The maximum absolute atomic E-state index is 12.6. The number of hydrogen-bond acceptors (Lipinski definition) is 9. The SMILES string of the molecule is Cc1nnc(N2CCN(C(=O)CCCCCN3C(=O)c4cccc([N+](=O)[O-])c4C3=O)CC2)s1. The molecule has 2 aliphatic heterocycles. The first-order valence-electron chi connectivity index (χ1n) is 10.8. The number of carbonyl (C=O) groups is 3. The number of fused-ring (bicyclic) bond motifs is 1. The first-order chi connectivity index (χ1) is 15.9. The number of nitro benzene ring substituents is 1. The van der Waals surface area contributed by atoms with Gasteiger partial charge in [0.15, 0.2) is 0 Å². The number of anilines is 1. The van der Waals surface area contributed by atoms with Gasteiger partial charge in [0.05, 0.1) is 10.5 Å². The standard InChI is InChI=1S/C21H24N6O5S/c1-14-22-23-21(33-14)25-12-10-24(11-13-25)17(28)8-3-2-4-9-26-19(29)15-6-5-7-16(27(31)32)18(15)20(26)30/h5-7H,2-4,8-13H2,1H3. The number of nitrogens with zero attached hydrogens (tertiary/aromatic N) is 6. The predicted molar refractivity (Wildman–Crippen MR) is 120 cm³/mol. The van der Waals surface area contributed by atoms with Crippen molar-refractivity contribution in [1.29, 1.82) is 0 Å². The number of piperazine rings is 1. The number of amides is 3. The van der Waals surface area contributed by atoms with E-state index in [1.807, 2.05) is 11.8 Å². The van der Waals surface area contributed by atoms with Gasteiger partial charge in [-0.05, 0) is 25.8 Å². The Balaban J connectivity index is 1.19. The Morgan fingerprint density at radius 3 is 2.52 bits per heavy atom. The molecule has 3 amide bonds. The summed E-state index contributed by atoms with van der Waals surface area (Å²) in [5.41, 5.74) is -0.405. The first kappa shape index (κ1) is 22.8. The quantitative estimate of drug-likeness (QED) is 0.248. The van der Waals surface area contributed by atoms with Gasteiger partial charge in [-0.1, -0.05) is 23.8 Å². The van der Waals surface area contributed by atoms with Crippen molar-refractivity contribution in [3.63, 3.8) is 0 Å². The summed E-state index contributed by atoms with van der Waals surface area (Å²) in [6.07, 6.45) is 2.27. The molecule has 1 saturated heterocycles. The van der Waals surface area contributed by atoms with Gasteiger partial charge in [-0.15, -0.1) is 10.2 Å². The molecule has 2 aliphatic rings. The van der Waals surface area contributed by atoms with E-state index < -0.39 is 16.7 Å². The van der Waals surface area contributed by atoms with Crippen molar-refractivity contribution < 1.29 is 19.3 Å². The Morgan fingerprint density at radius 1 is 1.09 bits per heavy atom. The van der Waals surface area contributed by atoms with E-state index in [1.165, 1.54) is 18.2 Å². The maximum Gasteiger partial charge on any atom is 0.282 e. The summed E-state index contributed by atoms with van der Waals surface area (Å²) in [4.78, 5) is 53.2. The van der Waals surface area contributed by atoms with E-state index in [1.54, 1.807) is 11.3 Å². The Hall–Kier alpha value is -3.41. The summed E-state index contributed by atoms with van der Waals surface area (Å²) in [5, 5.41) is 21.2. The molecule has 0 saturated carbocycles. The zero-order valence-corrected chi connectivity index (χ0v) is 19.0. The fourth-order valence-corrected chi connectivity index (χ4v) is 4.85. The van der Waals surface area contributed by atoms with E-state index in [9.17, 15) is 24.5 Å². The molecule has 0 radical (unpaired) electrons. The van der Waals surface area contributed by atoms with Crippen molar-refractivity contribution in [2.45, 2.75) is 32.6 Å². The Morgan fingerprint density at radius 2 is 1.85 bits per heavy atom. The highest BCUT2D eigenvalue weighted by Crippen LogP contribution is 2.31. The lowest BCUT2D eigenvalue weighted by Crippen LogP contribution is -2.48. The van der Waals surface area contributed by atoms with Crippen LogP contribution < -0.4 is 4.90 Å². The van der Waals surface area contributed by atoms with E-state index in [-0.39, 0.29) is 29.3 Å². The number of imide groups is 1. The molecule has 2 aromatic rings. The normalized spacial score (nSPS) is 15.8. The molecule has 0 atom stereocenters. The van der Waals surface area contributed by atoms with Crippen LogP contribution in [0.1, 0.15) is 51.4 Å². The van der Waals surface area contributed by atoms with Crippen molar-refractivity contribution >= 4 is 39.9 Å². The summed E-state index contributed by atoms with van der Waals surface area (Å²) in [6.45, 7) is 4.84. The zero-order chi connectivity index (χ0) is 23.5. The molecule has 33 heavy (non-hydrogen) atoms. The molecule has 0 bridgehead atoms. The third kappa shape index (κ3) is 4.70. The van der Waals surface area contributed by atoms with Crippen LogP contribution in [-0.2, 0) is 4.79 Å². The third-order valence-corrected chi connectivity index (χ3v) is 6.76. The molecular weight excluding hydrogens is 448 g/mol. The maximum atomic E-state index is 12.6. The number of nitro groups is 1. The van der Waals surface area contributed by atoms with Crippen LogP contribution in [0.5, 0.6) is 0 Å². The van der Waals surface area contributed by atoms with Gasteiger partial charge in [-0.3, -0.25) is 29.4 Å². The second-order valence-electron chi connectivity index (χ2n) is 8.00. The predicted octanol–water partition coefficient (Wildman–Crippen LogP) is 2.26. The summed E-state index contributed by atoms with van der Waals surface area (Å²) in [7, 11) is 0. The number of aryl methyl sites for hydroxylation is 1. The Kier molecular flexibility index (Phi) is 6.63. The lowest BCUT2D eigenvalue weighted by atomic mass is 10.1. The van der Waals surface area contributed by atoms with Crippen LogP contribution in [0.25, 0.3) is 0 Å². The van der Waals surface area contributed by atoms with Crippen LogP contribution in [0.4, 0.5) is 10.8 Å². The van der Waals surface area contributed by atoms with E-state index >= 15 is 0 Å². The molecule has 3 heterocycles. The molecular formula is C21H24N6O5S. The van der Waals surface area contributed by atoms with Crippen LogP contribution in [-0.4, -0.2) is 75.4 Å². The number of carbonyl (C=O) groups excluding carboxylic acids is 3. The largest absolute Gasteiger partial charge is 0.343 e. The van der Waals surface area contributed by atoms with E-state index in [2.05, 4.69) is 15.1 Å². The highest BCUT2D eigenvalue weighted by Gasteiger charge is 2.40. The molecule has 0 aliphatic carbocycles. The first-order valence-corrected chi connectivity index (χ1v) is 11.6. The molecule has 0 unspecified atom stereocenters. The van der Waals surface area contributed by atoms with Gasteiger partial charge in [-0.25, -0.2) is 0 Å². The Labute approximate surface area is 194 Å². The molecule has 0 N–H and O–H groups in total. The van der Waals surface area contributed by atoms with Gasteiger partial charge >= 0.3 is 0 Å². The summed E-state index contributed by atoms with van der Waals surface area (Å²) in [6, 6.07) is 4.08. The molecule has 1 aromatic heterocycles. The number of unbranched alkanes of at least 4 members (excludes halogenated alkanes) is 2. The number of benzene rings is 1. The molecule has 1 aromatic carbocycles. The fourth-order valence-electron chi connectivity index (χ4n) is 4.11. The van der Waals surface area contributed by atoms with E-state index in [0.29, 0.717) is 38.8 Å². The van der Waals surface area contributed by atoms with Gasteiger partial charge in [-0.2, -0.15) is 0 Å². The van der Waals surface area contributed by atoms with Crippen molar-refractivity contribution in [1.82, 2.24) is 20.0 Å². The number of aromatic nitrogens is 2. The van der Waals surface area contributed by atoms with Crippen LogP contribution in [0.15, 0.2) is 18.2 Å². The highest BCUT2D eigenvalue weighted by atomic mass is 32.1. The average molecular weight is 473 g/mol. The van der Waals surface area contributed by atoms with Crippen molar-refractivity contribution in [3.8, 4) is 0 Å². The van der Waals surface area contributed by atoms with Gasteiger partial charge < -0.3 is 9.80 Å². The minimum atomic E-state index is -0.645. The molecule has 1 fully saturated rings. The summed E-state index contributed by atoms with van der Waals surface area (Å²) >= 11 is 1.55. The smallest absolute Gasteiger partial charge is 0.282 e. The summed E-state index contributed by atoms with van der Waals surface area (Å²) in [5.74, 6) is -1.03. The topological polar surface area (TPSA) is 130 Å². The van der Waals surface area contributed by atoms with Crippen LogP contribution in [0.3, 0.4) is 0 Å². The van der Waals surface area contributed by atoms with E-state index in [0.717, 1.165) is 28.1 Å². The number of hydrogen-bond donors (Lipinski definition) is 0. The van der Waals surface area contributed by atoms with Crippen LogP contribution in [0, 0.1) is 17.0 Å². The van der Waals surface area contributed by atoms with Crippen LogP contribution in [0.2, 0.25) is 0 Å². The van der Waals surface area contributed by atoms with Crippen LogP contribution >= 0.6 is 11.3 Å². The number of rotatable bonds is 8. The van der Waals surface area contributed by atoms with Gasteiger partial charge in [0, 0.05) is 45.2 Å². The monoisotopic (exact) mass is 472 g/mol. The lowest BCUT2D eigenvalue weighted by Gasteiger charge is -2.34. The average Bonchev–Trinajstić information content (AvgIpc) is 3.35. The second kappa shape index (κ2) is 9.61. The summed E-state index contributed by atoms with van der Waals surface area (Å²) < 4.78 is 0. The molecule has 174 valence electrons. The van der Waals surface area contributed by atoms with Gasteiger partial charge in [0.2, 0.25) is 11.0 Å². The highest BCUT2D eigenvalue weighted by molar-refractivity contribution is 7.15. The molecule has 11 nitrogen and oxygen atoms in total. The molecule has 4 rings (SSSR count). The molecule has 0 spiro atoms. The van der Waals surface area contributed by atoms with Crippen molar-refractivity contribution in [2.75, 3.05) is 37.6 Å². The minimum Gasteiger partial charge on any atom is -0.343 e. The minimum absolute atomic E-state index is 0.0761. The molecule has 12 heteroatoms. The second-order valence-corrected chi connectivity index (χ2v) is 9.16. The fraction of sp³-hybridized carbons (Fsp3) is 0.476. The van der Waals surface area contributed by atoms with Crippen molar-refractivity contribution in [2.24, 2.45) is 0 Å². The zero-order valence-electron chi connectivity index (χ0n) is 18.2. The lowest BCUT2D eigenvalue weighted by molar-refractivity contribution is -0.385. The van der Waals surface area contributed by atoms with Gasteiger partial charge in [0.1, 0.15) is 10.6 Å². The third-order valence-electron chi connectivity index (χ3n) is 5.86. The van der Waals surface area contributed by atoms with Crippen molar-refractivity contribution in [3.05, 3.63) is 44.4 Å².